The molecule has 0 aliphatic rings. The Balaban J connectivity index is 2.56. The fourth-order valence-electron chi connectivity index (χ4n) is 1.66. The summed E-state index contributed by atoms with van der Waals surface area (Å²) in [5.74, 6) is 0. The smallest absolute Gasteiger partial charge is 0.236 e. The number of hydrogen-bond acceptors (Lipinski definition) is 2. The summed E-state index contributed by atoms with van der Waals surface area (Å²) in [6.45, 7) is 0. The molecule has 3 nitrogen and oxygen atoms in total. The van der Waals surface area contributed by atoms with Gasteiger partial charge in [0.2, 0.25) is 10.0 Å². The molecule has 0 aliphatic heterocycles. The summed E-state index contributed by atoms with van der Waals surface area (Å²) >= 11 is 0. The van der Waals surface area contributed by atoms with E-state index >= 15 is 0 Å². The average molecular weight is 247 g/mol. The van der Waals surface area contributed by atoms with Crippen molar-refractivity contribution < 1.29 is 8.42 Å². The Labute approximate surface area is 101 Å². The molecular formula is C13H13NO2S. The van der Waals surface area contributed by atoms with Crippen molar-refractivity contribution in [1.82, 2.24) is 0 Å². The molecule has 0 saturated heterocycles. The lowest BCUT2D eigenvalue weighted by Gasteiger charge is -2.22. The first-order valence-electron chi connectivity index (χ1n) is 5.19. The van der Waals surface area contributed by atoms with E-state index in [-0.39, 0.29) is 0 Å². The Morgan fingerprint density at radius 1 is 0.765 bits per heavy atom. The molecule has 2 aromatic rings. The van der Waals surface area contributed by atoms with Gasteiger partial charge in [-0.05, 0) is 24.3 Å². The van der Waals surface area contributed by atoms with E-state index in [2.05, 4.69) is 0 Å². The molecule has 17 heavy (non-hydrogen) atoms. The van der Waals surface area contributed by atoms with Crippen LogP contribution in [0.1, 0.15) is 0 Å². The third kappa shape index (κ3) is 2.65. The minimum Gasteiger partial charge on any atom is -0.239 e. The maximum atomic E-state index is 11.9. The van der Waals surface area contributed by atoms with Crippen molar-refractivity contribution in [2.45, 2.75) is 0 Å². The number of hydrogen-bond donors (Lipinski definition) is 0. The molecule has 4 heteroatoms. The third-order valence-corrected chi connectivity index (χ3v) is 3.40. The van der Waals surface area contributed by atoms with E-state index in [0.29, 0.717) is 11.4 Å². The van der Waals surface area contributed by atoms with Crippen molar-refractivity contribution in [3.8, 4) is 0 Å². The first-order chi connectivity index (χ1) is 8.09. The van der Waals surface area contributed by atoms with Gasteiger partial charge in [0.1, 0.15) is 0 Å². The van der Waals surface area contributed by atoms with Crippen LogP contribution in [0.15, 0.2) is 60.7 Å². The van der Waals surface area contributed by atoms with Gasteiger partial charge in [0.05, 0.1) is 17.6 Å². The molecule has 88 valence electrons. The molecule has 0 saturated carbocycles. The van der Waals surface area contributed by atoms with Crippen LogP contribution in [0.5, 0.6) is 0 Å². The molecule has 2 aromatic carbocycles. The standard InChI is InChI=1S/C13H13NO2S/c1-17(15,16)14(12-8-4-2-5-9-12)13-10-6-3-7-11-13/h2-11H,1H3. The predicted octanol–water partition coefficient (Wildman–Crippen LogP) is 2.78. The first kappa shape index (κ1) is 11.7. The van der Waals surface area contributed by atoms with Crippen LogP contribution in [0, 0.1) is 0 Å². The summed E-state index contributed by atoms with van der Waals surface area (Å²) in [5, 5.41) is 0. The molecule has 0 radical (unpaired) electrons. The zero-order valence-electron chi connectivity index (χ0n) is 9.45. The molecule has 0 fully saturated rings. The van der Waals surface area contributed by atoms with Crippen LogP contribution >= 0.6 is 0 Å². The zero-order valence-corrected chi connectivity index (χ0v) is 10.3. The Hall–Kier alpha value is -1.81. The van der Waals surface area contributed by atoms with E-state index in [0.717, 1.165) is 0 Å². The van der Waals surface area contributed by atoms with Gasteiger partial charge in [-0.15, -0.1) is 0 Å². The molecule has 0 atom stereocenters. The Morgan fingerprint density at radius 3 is 1.41 bits per heavy atom. The van der Waals surface area contributed by atoms with Crippen LogP contribution in [0.3, 0.4) is 0 Å². The molecule has 0 aromatic heterocycles. The highest BCUT2D eigenvalue weighted by Crippen LogP contribution is 2.27. The van der Waals surface area contributed by atoms with Crippen molar-refractivity contribution >= 4 is 21.4 Å². The number of rotatable bonds is 3. The highest BCUT2D eigenvalue weighted by molar-refractivity contribution is 7.92. The van der Waals surface area contributed by atoms with Crippen LogP contribution in [0.2, 0.25) is 0 Å². The molecule has 0 aliphatic carbocycles. The maximum Gasteiger partial charge on any atom is 0.236 e. The first-order valence-corrected chi connectivity index (χ1v) is 7.04. The van der Waals surface area contributed by atoms with Crippen LogP contribution in [0.4, 0.5) is 11.4 Å². The van der Waals surface area contributed by atoms with Gasteiger partial charge >= 0.3 is 0 Å². The minimum absolute atomic E-state index is 0.640. The highest BCUT2D eigenvalue weighted by atomic mass is 32.2. The third-order valence-electron chi connectivity index (χ3n) is 2.31. The fourth-order valence-corrected chi connectivity index (χ4v) is 2.67. The highest BCUT2D eigenvalue weighted by Gasteiger charge is 2.18. The van der Waals surface area contributed by atoms with Gasteiger partial charge < -0.3 is 0 Å². The Kier molecular flexibility index (Phi) is 3.15. The SMILES string of the molecule is CS(=O)(=O)N(c1ccccc1)c1ccccc1. The van der Waals surface area contributed by atoms with Crippen molar-refractivity contribution in [2.24, 2.45) is 0 Å². The molecule has 0 amide bonds. The largest absolute Gasteiger partial charge is 0.239 e. The summed E-state index contributed by atoms with van der Waals surface area (Å²) in [4.78, 5) is 0. The van der Waals surface area contributed by atoms with E-state index in [1.54, 1.807) is 24.3 Å². The summed E-state index contributed by atoms with van der Waals surface area (Å²) < 4.78 is 25.0. The molecule has 0 unspecified atom stereocenters. The van der Waals surface area contributed by atoms with E-state index in [4.69, 9.17) is 0 Å². The van der Waals surface area contributed by atoms with Gasteiger partial charge in [-0.2, -0.15) is 0 Å². The zero-order chi connectivity index (χ0) is 12.3. The van der Waals surface area contributed by atoms with E-state index in [1.807, 2.05) is 36.4 Å². The number of sulfonamides is 1. The second kappa shape index (κ2) is 4.59. The van der Waals surface area contributed by atoms with Gasteiger partial charge in [0.25, 0.3) is 0 Å². The molecule has 2 rings (SSSR count). The summed E-state index contributed by atoms with van der Waals surface area (Å²) in [6, 6.07) is 18.1. The topological polar surface area (TPSA) is 37.4 Å². The van der Waals surface area contributed by atoms with Gasteiger partial charge in [0, 0.05) is 0 Å². The molecule has 0 heterocycles. The van der Waals surface area contributed by atoms with Gasteiger partial charge in [-0.25, -0.2) is 12.7 Å². The maximum absolute atomic E-state index is 11.9. The van der Waals surface area contributed by atoms with E-state index < -0.39 is 10.0 Å². The predicted molar refractivity (Wildman–Crippen MR) is 69.9 cm³/mol. The fraction of sp³-hybridized carbons (Fsp3) is 0.0769. The van der Waals surface area contributed by atoms with E-state index in [9.17, 15) is 8.42 Å². The summed E-state index contributed by atoms with van der Waals surface area (Å²) in [7, 11) is -3.34. The monoisotopic (exact) mass is 247 g/mol. The number of benzene rings is 2. The molecule has 0 bridgehead atoms. The van der Waals surface area contributed by atoms with Crippen molar-refractivity contribution in [3.05, 3.63) is 60.7 Å². The summed E-state index contributed by atoms with van der Waals surface area (Å²) in [6.07, 6.45) is 1.20. The normalized spacial score (nSPS) is 11.1. The second-order valence-electron chi connectivity index (χ2n) is 3.70. The van der Waals surface area contributed by atoms with Crippen molar-refractivity contribution in [2.75, 3.05) is 10.6 Å². The van der Waals surface area contributed by atoms with Gasteiger partial charge in [-0.1, -0.05) is 36.4 Å². The Bertz CT molecular complexity index is 540. The van der Waals surface area contributed by atoms with Crippen LogP contribution in [-0.2, 0) is 10.0 Å². The molecule has 0 N–H and O–H groups in total. The lowest BCUT2D eigenvalue weighted by Crippen LogP contribution is -2.24. The summed E-state index contributed by atoms with van der Waals surface area (Å²) in [5.41, 5.74) is 1.28. The molecular weight excluding hydrogens is 234 g/mol. The minimum atomic E-state index is -3.34. The number of anilines is 2. The lowest BCUT2D eigenvalue weighted by atomic mass is 10.3. The molecule has 0 spiro atoms. The van der Waals surface area contributed by atoms with Crippen LogP contribution < -0.4 is 4.31 Å². The van der Waals surface area contributed by atoms with E-state index in [1.165, 1.54) is 10.6 Å². The number of nitrogens with zero attached hydrogens (tertiary/aromatic N) is 1. The van der Waals surface area contributed by atoms with Crippen LogP contribution in [0.25, 0.3) is 0 Å². The van der Waals surface area contributed by atoms with Crippen molar-refractivity contribution in [3.63, 3.8) is 0 Å². The van der Waals surface area contributed by atoms with Crippen molar-refractivity contribution in [1.29, 1.82) is 0 Å². The average Bonchev–Trinajstić information content (AvgIpc) is 2.30. The number of para-hydroxylation sites is 2. The van der Waals surface area contributed by atoms with Crippen LogP contribution in [-0.4, -0.2) is 14.7 Å². The second-order valence-corrected chi connectivity index (χ2v) is 5.53. The lowest BCUT2D eigenvalue weighted by molar-refractivity contribution is 0.602. The quantitative estimate of drug-likeness (QED) is 0.836. The van der Waals surface area contributed by atoms with Gasteiger partial charge in [-0.3, -0.25) is 0 Å². The van der Waals surface area contributed by atoms with Gasteiger partial charge in [0.15, 0.2) is 0 Å². The Morgan fingerprint density at radius 2 is 1.12 bits per heavy atom.